The first-order chi connectivity index (χ1) is 8.60. The lowest BCUT2D eigenvalue weighted by Gasteiger charge is -2.05. The summed E-state index contributed by atoms with van der Waals surface area (Å²) in [7, 11) is 0. The number of nitrogens with zero attached hydrogens (tertiary/aromatic N) is 1. The minimum atomic E-state index is -0.247. The van der Waals surface area contributed by atoms with Gasteiger partial charge in [0, 0.05) is 21.9 Å². The topological polar surface area (TPSA) is 83.8 Å². The number of benzene rings is 1. The fourth-order valence-corrected chi connectivity index (χ4v) is 1.93. The van der Waals surface area contributed by atoms with Crippen LogP contribution in [0.2, 0.25) is 0 Å². The van der Waals surface area contributed by atoms with Gasteiger partial charge in [0.1, 0.15) is 0 Å². The molecule has 1 aromatic carbocycles. The molecule has 0 aliphatic rings. The molecule has 5 nitrogen and oxygen atoms in total. The predicted molar refractivity (Wildman–Crippen MR) is 74.5 cm³/mol. The molecular formula is C12H13BrN4O. The molecule has 0 radical (unpaired) electrons. The molecule has 0 bridgehead atoms. The van der Waals surface area contributed by atoms with Gasteiger partial charge in [-0.05, 0) is 40.5 Å². The number of rotatable bonds is 3. The number of nitrogens with two attached hydrogens (primary N) is 1. The van der Waals surface area contributed by atoms with E-state index in [0.29, 0.717) is 21.5 Å². The Labute approximate surface area is 113 Å². The van der Waals surface area contributed by atoms with Gasteiger partial charge < -0.3 is 11.1 Å². The molecule has 4 N–H and O–H groups in total. The summed E-state index contributed by atoms with van der Waals surface area (Å²) in [6.45, 7) is 2.01. The van der Waals surface area contributed by atoms with Gasteiger partial charge in [0.25, 0.3) is 5.91 Å². The number of aryl methyl sites for hydroxylation is 1. The number of halogens is 1. The summed E-state index contributed by atoms with van der Waals surface area (Å²) in [6, 6.07) is 6.89. The van der Waals surface area contributed by atoms with Crippen LogP contribution in [-0.2, 0) is 6.42 Å². The van der Waals surface area contributed by atoms with Crippen molar-refractivity contribution in [2.45, 2.75) is 13.3 Å². The first kappa shape index (κ1) is 12.6. The molecule has 2 rings (SSSR count). The Kier molecular flexibility index (Phi) is 3.66. The molecular weight excluding hydrogens is 296 g/mol. The van der Waals surface area contributed by atoms with E-state index in [4.69, 9.17) is 5.73 Å². The van der Waals surface area contributed by atoms with Crippen LogP contribution in [0.5, 0.6) is 0 Å². The molecule has 6 heteroatoms. The van der Waals surface area contributed by atoms with Crippen molar-refractivity contribution in [3.63, 3.8) is 0 Å². The van der Waals surface area contributed by atoms with E-state index >= 15 is 0 Å². The minimum absolute atomic E-state index is 0.247. The first-order valence-electron chi connectivity index (χ1n) is 5.51. The second kappa shape index (κ2) is 5.22. The summed E-state index contributed by atoms with van der Waals surface area (Å²) < 4.78 is 0.695. The second-order valence-electron chi connectivity index (χ2n) is 3.83. The van der Waals surface area contributed by atoms with Gasteiger partial charge in [-0.15, -0.1) is 0 Å². The molecule has 1 amide bonds. The van der Waals surface area contributed by atoms with Crippen LogP contribution in [0.4, 0.5) is 11.5 Å². The molecule has 2 aromatic rings. The van der Waals surface area contributed by atoms with Gasteiger partial charge >= 0.3 is 0 Å². The maximum Gasteiger partial charge on any atom is 0.258 e. The molecule has 0 unspecified atom stereocenters. The van der Waals surface area contributed by atoms with Crippen LogP contribution in [-0.4, -0.2) is 16.1 Å². The van der Waals surface area contributed by atoms with E-state index in [1.165, 1.54) is 0 Å². The number of nitrogens with one attached hydrogen (secondary N) is 2. The minimum Gasteiger partial charge on any atom is -0.399 e. The van der Waals surface area contributed by atoms with Gasteiger partial charge in [-0.25, -0.2) is 0 Å². The lowest BCUT2D eigenvalue weighted by molar-refractivity contribution is 0.102. The van der Waals surface area contributed by atoms with Gasteiger partial charge in [0.05, 0.1) is 5.56 Å². The molecule has 1 heterocycles. The predicted octanol–water partition coefficient (Wildman–Crippen LogP) is 2.57. The molecule has 0 saturated heterocycles. The van der Waals surface area contributed by atoms with Crippen molar-refractivity contribution in [3.05, 3.63) is 40.0 Å². The Bertz CT molecular complexity index is 579. The SMILES string of the molecule is CCc1cc(NC(=O)c2cc(N)ccc2Br)n[nH]1. The summed E-state index contributed by atoms with van der Waals surface area (Å²) in [5.74, 6) is 0.259. The van der Waals surface area contributed by atoms with Crippen LogP contribution >= 0.6 is 15.9 Å². The van der Waals surface area contributed by atoms with Crippen LogP contribution < -0.4 is 11.1 Å². The average molecular weight is 309 g/mol. The number of carbonyl (C=O) groups excluding carboxylic acids is 1. The van der Waals surface area contributed by atoms with Crippen molar-refractivity contribution < 1.29 is 4.79 Å². The number of hydrogen-bond donors (Lipinski definition) is 3. The van der Waals surface area contributed by atoms with E-state index < -0.39 is 0 Å². The summed E-state index contributed by atoms with van der Waals surface area (Å²) in [4.78, 5) is 12.0. The van der Waals surface area contributed by atoms with Crippen molar-refractivity contribution in [1.29, 1.82) is 0 Å². The molecule has 1 aromatic heterocycles. The van der Waals surface area contributed by atoms with E-state index in [2.05, 4.69) is 31.4 Å². The summed E-state index contributed by atoms with van der Waals surface area (Å²) in [6.07, 6.45) is 0.838. The van der Waals surface area contributed by atoms with Gasteiger partial charge in [-0.3, -0.25) is 9.89 Å². The molecule has 18 heavy (non-hydrogen) atoms. The Morgan fingerprint density at radius 2 is 2.28 bits per heavy atom. The third-order valence-corrected chi connectivity index (χ3v) is 3.18. The summed E-state index contributed by atoms with van der Waals surface area (Å²) in [5, 5.41) is 9.55. The van der Waals surface area contributed by atoms with Gasteiger partial charge in [0.2, 0.25) is 0 Å². The fraction of sp³-hybridized carbons (Fsp3) is 0.167. The monoisotopic (exact) mass is 308 g/mol. The van der Waals surface area contributed by atoms with Crippen LogP contribution in [0.25, 0.3) is 0 Å². The lowest BCUT2D eigenvalue weighted by atomic mass is 10.2. The zero-order chi connectivity index (χ0) is 13.1. The van der Waals surface area contributed by atoms with E-state index in [1.54, 1.807) is 24.3 Å². The van der Waals surface area contributed by atoms with E-state index in [1.807, 2.05) is 6.92 Å². The highest BCUT2D eigenvalue weighted by atomic mass is 79.9. The number of carbonyl (C=O) groups is 1. The highest BCUT2D eigenvalue weighted by Gasteiger charge is 2.12. The van der Waals surface area contributed by atoms with Crippen molar-refractivity contribution in [1.82, 2.24) is 10.2 Å². The molecule has 94 valence electrons. The van der Waals surface area contributed by atoms with E-state index in [-0.39, 0.29) is 5.91 Å². The zero-order valence-corrected chi connectivity index (χ0v) is 11.4. The summed E-state index contributed by atoms with van der Waals surface area (Å²) in [5.41, 5.74) is 7.65. The summed E-state index contributed by atoms with van der Waals surface area (Å²) >= 11 is 3.32. The van der Waals surface area contributed by atoms with Crippen LogP contribution in [0.15, 0.2) is 28.7 Å². The zero-order valence-electron chi connectivity index (χ0n) is 9.83. The number of amides is 1. The van der Waals surface area contributed by atoms with Crippen molar-refractivity contribution in [2.24, 2.45) is 0 Å². The first-order valence-corrected chi connectivity index (χ1v) is 6.30. The number of nitrogen functional groups attached to an aromatic ring is 1. The maximum atomic E-state index is 12.0. The van der Waals surface area contributed by atoms with E-state index in [0.717, 1.165) is 12.1 Å². The Morgan fingerprint density at radius 1 is 1.50 bits per heavy atom. The number of anilines is 2. The third-order valence-electron chi connectivity index (χ3n) is 2.49. The Hall–Kier alpha value is -1.82. The van der Waals surface area contributed by atoms with Gasteiger partial charge in [-0.1, -0.05) is 6.92 Å². The highest BCUT2D eigenvalue weighted by Crippen LogP contribution is 2.20. The fourth-order valence-electron chi connectivity index (χ4n) is 1.51. The maximum absolute atomic E-state index is 12.0. The quantitative estimate of drug-likeness (QED) is 0.762. The van der Waals surface area contributed by atoms with Crippen LogP contribution in [0, 0.1) is 0 Å². The molecule has 0 saturated carbocycles. The average Bonchev–Trinajstić information content (AvgIpc) is 2.80. The molecule has 0 fully saturated rings. The Balaban J connectivity index is 2.19. The number of aromatic nitrogens is 2. The molecule has 0 aliphatic carbocycles. The molecule has 0 aliphatic heterocycles. The second-order valence-corrected chi connectivity index (χ2v) is 4.68. The van der Waals surface area contributed by atoms with Gasteiger partial charge in [-0.2, -0.15) is 5.10 Å². The Morgan fingerprint density at radius 3 is 2.94 bits per heavy atom. The molecule has 0 spiro atoms. The van der Waals surface area contributed by atoms with Crippen molar-refractivity contribution in [2.75, 3.05) is 11.1 Å². The number of aromatic amines is 1. The van der Waals surface area contributed by atoms with E-state index in [9.17, 15) is 4.79 Å². The van der Waals surface area contributed by atoms with Crippen molar-refractivity contribution >= 4 is 33.3 Å². The smallest absolute Gasteiger partial charge is 0.258 e. The number of hydrogen-bond acceptors (Lipinski definition) is 3. The highest BCUT2D eigenvalue weighted by molar-refractivity contribution is 9.10. The lowest BCUT2D eigenvalue weighted by Crippen LogP contribution is -2.13. The van der Waals surface area contributed by atoms with Gasteiger partial charge in [0.15, 0.2) is 5.82 Å². The molecule has 0 atom stereocenters. The normalized spacial score (nSPS) is 10.3. The van der Waals surface area contributed by atoms with Crippen LogP contribution in [0.1, 0.15) is 23.0 Å². The van der Waals surface area contributed by atoms with Crippen LogP contribution in [0.3, 0.4) is 0 Å². The van der Waals surface area contributed by atoms with Crippen molar-refractivity contribution in [3.8, 4) is 0 Å². The largest absolute Gasteiger partial charge is 0.399 e. The standard InChI is InChI=1S/C12H13BrN4O/c1-2-8-6-11(17-16-8)15-12(18)9-5-7(14)3-4-10(9)13/h3-6H,2,14H2,1H3,(H2,15,16,17,18). The number of H-pyrrole nitrogens is 1. The third kappa shape index (κ3) is 2.70.